The van der Waals surface area contributed by atoms with Crippen LogP contribution >= 0.6 is 23.2 Å². The first kappa shape index (κ1) is 16.9. The molecule has 1 saturated heterocycles. The number of imide groups is 1. The molecule has 2 aromatic heterocycles. The van der Waals surface area contributed by atoms with Crippen LogP contribution in [0.1, 0.15) is 18.2 Å². The predicted octanol–water partition coefficient (Wildman–Crippen LogP) is 3.61. The molecular weight excluding hydrogens is 375 g/mol. The van der Waals surface area contributed by atoms with Gasteiger partial charge in [-0.3, -0.25) is 9.69 Å². The minimum atomic E-state index is -1.25. The summed E-state index contributed by atoms with van der Waals surface area (Å²) in [4.78, 5) is 31.1. The average Bonchev–Trinajstić information content (AvgIpc) is 3.09. The largest absolute Gasteiger partial charge is 0.325 e. The van der Waals surface area contributed by atoms with Gasteiger partial charge in [-0.15, -0.1) is 0 Å². The number of aromatic nitrogens is 2. The molecular formula is C18H14Cl2N4O2. The summed E-state index contributed by atoms with van der Waals surface area (Å²) in [6.45, 7) is 1.71. The molecule has 26 heavy (non-hydrogen) atoms. The zero-order valence-electron chi connectivity index (χ0n) is 13.7. The molecule has 3 heterocycles. The molecule has 1 aromatic carbocycles. The Morgan fingerprint density at radius 1 is 1.19 bits per heavy atom. The summed E-state index contributed by atoms with van der Waals surface area (Å²) >= 11 is 12.2. The lowest BCUT2D eigenvalue weighted by atomic mass is 9.92. The molecule has 0 aliphatic carbocycles. The maximum absolute atomic E-state index is 13.0. The normalized spacial score (nSPS) is 20.0. The Labute approximate surface area is 159 Å². The second-order valence-electron chi connectivity index (χ2n) is 6.27. The van der Waals surface area contributed by atoms with Crippen LogP contribution < -0.4 is 5.32 Å². The van der Waals surface area contributed by atoms with Crippen LogP contribution in [0.5, 0.6) is 0 Å². The molecule has 3 aromatic rings. The van der Waals surface area contributed by atoms with Gasteiger partial charge in [-0.2, -0.15) is 0 Å². The first-order valence-electron chi connectivity index (χ1n) is 7.91. The number of nitrogens with one attached hydrogen (secondary N) is 1. The van der Waals surface area contributed by atoms with Gasteiger partial charge in [-0.05, 0) is 31.2 Å². The third-order valence-corrected chi connectivity index (χ3v) is 5.03. The number of imidazole rings is 1. The summed E-state index contributed by atoms with van der Waals surface area (Å²) in [5, 5.41) is 3.52. The van der Waals surface area contributed by atoms with Crippen molar-refractivity contribution in [2.45, 2.75) is 19.0 Å². The van der Waals surface area contributed by atoms with Gasteiger partial charge in [-0.25, -0.2) is 9.78 Å². The molecule has 0 spiro atoms. The van der Waals surface area contributed by atoms with Crippen molar-refractivity contribution in [3.05, 3.63) is 70.1 Å². The topological polar surface area (TPSA) is 66.7 Å². The molecule has 0 radical (unpaired) electrons. The van der Waals surface area contributed by atoms with Crippen molar-refractivity contribution in [2.75, 3.05) is 0 Å². The Balaban J connectivity index is 1.66. The van der Waals surface area contributed by atoms with Gasteiger partial charge in [-0.1, -0.05) is 35.3 Å². The fourth-order valence-electron chi connectivity index (χ4n) is 3.14. The van der Waals surface area contributed by atoms with E-state index in [9.17, 15) is 9.59 Å². The van der Waals surface area contributed by atoms with Crippen molar-refractivity contribution < 1.29 is 9.59 Å². The van der Waals surface area contributed by atoms with E-state index in [-0.39, 0.29) is 12.5 Å². The molecule has 1 unspecified atom stereocenters. The SMILES string of the molecule is CC1(c2ccc(Cl)cc2Cl)NC(=O)N(Cc2cn3ccccc3n2)C1=O. The van der Waals surface area contributed by atoms with Crippen LogP contribution in [0, 0.1) is 0 Å². The highest BCUT2D eigenvalue weighted by Crippen LogP contribution is 2.35. The van der Waals surface area contributed by atoms with E-state index in [2.05, 4.69) is 10.3 Å². The summed E-state index contributed by atoms with van der Waals surface area (Å²) in [5.41, 5.74) is 0.612. The highest BCUT2D eigenvalue weighted by Gasteiger charge is 2.50. The fraction of sp³-hybridized carbons (Fsp3) is 0.167. The molecule has 3 amide bonds. The second kappa shape index (κ2) is 6.00. The minimum absolute atomic E-state index is 0.0765. The van der Waals surface area contributed by atoms with Crippen molar-refractivity contribution in [1.29, 1.82) is 0 Å². The predicted molar refractivity (Wildman–Crippen MR) is 98.1 cm³/mol. The minimum Gasteiger partial charge on any atom is -0.319 e. The number of nitrogens with zero attached hydrogens (tertiary/aromatic N) is 3. The Hall–Kier alpha value is -2.57. The van der Waals surface area contributed by atoms with E-state index < -0.39 is 11.6 Å². The molecule has 0 saturated carbocycles. The van der Waals surface area contributed by atoms with E-state index in [0.717, 1.165) is 10.5 Å². The van der Waals surface area contributed by atoms with Crippen LogP contribution in [0.25, 0.3) is 5.65 Å². The van der Waals surface area contributed by atoms with Crippen LogP contribution in [-0.2, 0) is 16.9 Å². The third kappa shape index (κ3) is 2.62. The van der Waals surface area contributed by atoms with Gasteiger partial charge in [0.2, 0.25) is 0 Å². The Morgan fingerprint density at radius 2 is 2.00 bits per heavy atom. The molecule has 1 fully saturated rings. The monoisotopic (exact) mass is 388 g/mol. The number of urea groups is 1. The number of fused-ring (bicyclic) bond motifs is 1. The Bertz CT molecular complexity index is 1020. The van der Waals surface area contributed by atoms with Gasteiger partial charge in [0.05, 0.1) is 12.2 Å². The number of halogens is 2. The van der Waals surface area contributed by atoms with Gasteiger partial charge in [0.1, 0.15) is 11.2 Å². The molecule has 0 bridgehead atoms. The number of carbonyl (C=O) groups is 2. The van der Waals surface area contributed by atoms with Gasteiger partial charge < -0.3 is 9.72 Å². The van der Waals surface area contributed by atoms with Gasteiger partial charge in [0.15, 0.2) is 0 Å². The molecule has 4 rings (SSSR count). The van der Waals surface area contributed by atoms with Crippen LogP contribution in [0.2, 0.25) is 10.0 Å². The third-order valence-electron chi connectivity index (χ3n) is 4.48. The second-order valence-corrected chi connectivity index (χ2v) is 7.11. The molecule has 6 nitrogen and oxygen atoms in total. The summed E-state index contributed by atoms with van der Waals surface area (Å²) in [6.07, 6.45) is 3.65. The van der Waals surface area contributed by atoms with Crippen molar-refractivity contribution in [1.82, 2.24) is 19.6 Å². The van der Waals surface area contributed by atoms with E-state index >= 15 is 0 Å². The zero-order chi connectivity index (χ0) is 18.5. The molecule has 1 aliphatic rings. The number of hydrogen-bond acceptors (Lipinski definition) is 3. The number of benzene rings is 1. The number of carbonyl (C=O) groups excluding carboxylic acids is 2. The fourth-order valence-corrected chi connectivity index (χ4v) is 3.74. The molecule has 1 N–H and O–H groups in total. The summed E-state index contributed by atoms with van der Waals surface area (Å²) in [7, 11) is 0. The van der Waals surface area contributed by atoms with E-state index in [1.807, 2.05) is 28.8 Å². The van der Waals surface area contributed by atoms with Crippen LogP contribution in [0.3, 0.4) is 0 Å². The van der Waals surface area contributed by atoms with E-state index in [4.69, 9.17) is 23.2 Å². The average molecular weight is 389 g/mol. The van der Waals surface area contributed by atoms with Gasteiger partial charge in [0, 0.05) is 28.0 Å². The lowest BCUT2D eigenvalue weighted by Gasteiger charge is -2.23. The van der Waals surface area contributed by atoms with Crippen LogP contribution in [-0.4, -0.2) is 26.2 Å². The molecule has 1 aliphatic heterocycles. The number of pyridine rings is 1. The molecule has 1 atom stereocenters. The Morgan fingerprint density at radius 3 is 2.73 bits per heavy atom. The highest BCUT2D eigenvalue weighted by molar-refractivity contribution is 6.35. The lowest BCUT2D eigenvalue weighted by Crippen LogP contribution is -2.41. The molecule has 8 heteroatoms. The van der Waals surface area contributed by atoms with E-state index in [1.54, 1.807) is 31.3 Å². The van der Waals surface area contributed by atoms with Crippen molar-refractivity contribution >= 4 is 40.8 Å². The lowest BCUT2D eigenvalue weighted by molar-refractivity contribution is -0.131. The smallest absolute Gasteiger partial charge is 0.319 e. The number of rotatable bonds is 3. The van der Waals surface area contributed by atoms with Crippen LogP contribution in [0.4, 0.5) is 4.79 Å². The zero-order valence-corrected chi connectivity index (χ0v) is 15.3. The highest BCUT2D eigenvalue weighted by atomic mass is 35.5. The number of hydrogen-bond donors (Lipinski definition) is 1. The number of amides is 3. The maximum Gasteiger partial charge on any atom is 0.325 e. The summed E-state index contributed by atoms with van der Waals surface area (Å²) in [5.74, 6) is -0.385. The quantitative estimate of drug-likeness (QED) is 0.696. The first-order valence-corrected chi connectivity index (χ1v) is 8.66. The van der Waals surface area contributed by atoms with Crippen LogP contribution in [0.15, 0.2) is 48.8 Å². The standard InChI is InChI=1S/C18H14Cl2N4O2/c1-18(13-6-5-11(19)8-14(13)20)16(25)24(17(26)22-18)10-12-9-23-7-3-2-4-15(23)21-12/h2-9H,10H2,1H3,(H,22,26). The molecule has 132 valence electrons. The van der Waals surface area contributed by atoms with Crippen molar-refractivity contribution in [2.24, 2.45) is 0 Å². The maximum atomic E-state index is 13.0. The summed E-state index contributed by atoms with van der Waals surface area (Å²) in [6, 6.07) is 9.96. The summed E-state index contributed by atoms with van der Waals surface area (Å²) < 4.78 is 1.84. The van der Waals surface area contributed by atoms with Crippen molar-refractivity contribution in [3.63, 3.8) is 0 Å². The van der Waals surface area contributed by atoms with Crippen molar-refractivity contribution in [3.8, 4) is 0 Å². The van der Waals surface area contributed by atoms with E-state index in [0.29, 0.717) is 21.3 Å². The van der Waals surface area contributed by atoms with Gasteiger partial charge in [0.25, 0.3) is 5.91 Å². The first-order chi connectivity index (χ1) is 12.4. The van der Waals surface area contributed by atoms with Gasteiger partial charge >= 0.3 is 6.03 Å². The van der Waals surface area contributed by atoms with E-state index in [1.165, 1.54) is 0 Å². The Kier molecular flexibility index (Phi) is 3.89.